The summed E-state index contributed by atoms with van der Waals surface area (Å²) < 4.78 is 5.19. The van der Waals surface area contributed by atoms with Crippen molar-refractivity contribution in [3.05, 3.63) is 35.4 Å². The summed E-state index contributed by atoms with van der Waals surface area (Å²) in [4.78, 5) is 0. The molecule has 0 fully saturated rings. The van der Waals surface area contributed by atoms with Crippen molar-refractivity contribution in [2.45, 2.75) is 32.1 Å². The molecule has 0 bridgehead atoms. The Bertz CT molecular complexity index is 405. The molecule has 1 aliphatic rings. The maximum atomic E-state index is 5.19. The van der Waals surface area contributed by atoms with E-state index in [-0.39, 0.29) is 5.41 Å². The first-order valence-electron chi connectivity index (χ1n) is 7.00. The van der Waals surface area contributed by atoms with Gasteiger partial charge in [-0.2, -0.15) is 11.8 Å². The zero-order valence-electron chi connectivity index (χ0n) is 12.2. The van der Waals surface area contributed by atoms with Crippen LogP contribution in [0.2, 0.25) is 0 Å². The fraction of sp³-hybridized carbons (Fsp3) is 0.625. The molecule has 0 aliphatic carbocycles. The molecule has 1 atom stereocenters. The highest BCUT2D eigenvalue weighted by atomic mass is 32.2. The smallest absolute Gasteiger partial charge is 0.0467 e. The van der Waals surface area contributed by atoms with E-state index in [1.807, 2.05) is 11.8 Å². The van der Waals surface area contributed by atoms with Crippen LogP contribution in [-0.4, -0.2) is 26.0 Å². The summed E-state index contributed by atoms with van der Waals surface area (Å²) in [5.41, 5.74) is 3.27. The lowest BCUT2D eigenvalue weighted by atomic mass is 9.89. The predicted octanol–water partition coefficient (Wildman–Crippen LogP) is 3.63. The number of thioether (sulfide) groups is 1. The van der Waals surface area contributed by atoms with E-state index in [4.69, 9.17) is 4.74 Å². The molecular weight excluding hydrogens is 254 g/mol. The van der Waals surface area contributed by atoms with E-state index in [1.165, 1.54) is 16.9 Å². The van der Waals surface area contributed by atoms with Crippen LogP contribution in [0.3, 0.4) is 0 Å². The third-order valence-corrected chi connectivity index (χ3v) is 4.87. The third kappa shape index (κ3) is 4.23. The molecule has 0 radical (unpaired) electrons. The molecule has 3 heteroatoms. The van der Waals surface area contributed by atoms with Crippen LogP contribution in [0.1, 0.15) is 37.4 Å². The second-order valence-electron chi connectivity index (χ2n) is 6.05. The van der Waals surface area contributed by atoms with Gasteiger partial charge in [-0.05, 0) is 23.0 Å². The van der Waals surface area contributed by atoms with Crippen molar-refractivity contribution in [3.8, 4) is 0 Å². The Hall–Kier alpha value is -0.510. The second kappa shape index (κ2) is 6.78. The van der Waals surface area contributed by atoms with Gasteiger partial charge in [-0.25, -0.2) is 0 Å². The van der Waals surface area contributed by atoms with Crippen molar-refractivity contribution in [3.63, 3.8) is 0 Å². The monoisotopic (exact) mass is 279 g/mol. The second-order valence-corrected chi connectivity index (χ2v) is 7.08. The highest BCUT2D eigenvalue weighted by Crippen LogP contribution is 2.32. The van der Waals surface area contributed by atoms with Gasteiger partial charge in [0.05, 0.1) is 0 Å². The van der Waals surface area contributed by atoms with Gasteiger partial charge in [-0.1, -0.05) is 38.1 Å². The average molecular weight is 279 g/mol. The molecule has 1 aromatic carbocycles. The third-order valence-electron chi connectivity index (χ3n) is 3.78. The molecule has 2 rings (SSSR count). The number of nitrogens with one attached hydrogen (secondary N) is 1. The molecule has 19 heavy (non-hydrogen) atoms. The Kier molecular flexibility index (Phi) is 5.31. The predicted molar refractivity (Wildman–Crippen MR) is 83.6 cm³/mol. The first-order chi connectivity index (χ1) is 9.12. The van der Waals surface area contributed by atoms with Gasteiger partial charge in [-0.15, -0.1) is 0 Å². The Morgan fingerprint density at radius 2 is 2.16 bits per heavy atom. The molecule has 1 heterocycles. The van der Waals surface area contributed by atoms with Crippen molar-refractivity contribution < 1.29 is 4.74 Å². The van der Waals surface area contributed by atoms with E-state index < -0.39 is 0 Å². The van der Waals surface area contributed by atoms with E-state index in [1.54, 1.807) is 7.11 Å². The van der Waals surface area contributed by atoms with Gasteiger partial charge in [0.2, 0.25) is 0 Å². The lowest BCUT2D eigenvalue weighted by molar-refractivity contribution is 0.149. The van der Waals surface area contributed by atoms with Gasteiger partial charge in [0.15, 0.2) is 0 Å². The van der Waals surface area contributed by atoms with Gasteiger partial charge in [0, 0.05) is 37.8 Å². The van der Waals surface area contributed by atoms with Crippen LogP contribution in [0, 0.1) is 5.41 Å². The maximum Gasteiger partial charge on any atom is 0.0467 e. The summed E-state index contributed by atoms with van der Waals surface area (Å²) in [7, 11) is 1.78. The fourth-order valence-corrected chi connectivity index (χ4v) is 3.55. The van der Waals surface area contributed by atoms with E-state index in [0.29, 0.717) is 6.04 Å². The number of rotatable bonds is 6. The zero-order chi connectivity index (χ0) is 13.7. The molecule has 1 aromatic rings. The first kappa shape index (κ1) is 14.9. The summed E-state index contributed by atoms with van der Waals surface area (Å²) in [6.45, 7) is 6.49. The molecule has 1 N–H and O–H groups in total. The van der Waals surface area contributed by atoms with E-state index >= 15 is 0 Å². The van der Waals surface area contributed by atoms with Crippen LogP contribution < -0.4 is 5.32 Å². The van der Waals surface area contributed by atoms with Crippen LogP contribution in [-0.2, 0) is 10.5 Å². The van der Waals surface area contributed by atoms with Crippen molar-refractivity contribution in [2.75, 3.05) is 26.0 Å². The van der Waals surface area contributed by atoms with Gasteiger partial charge in [0.1, 0.15) is 0 Å². The van der Waals surface area contributed by atoms with Crippen molar-refractivity contribution in [1.82, 2.24) is 5.32 Å². The molecule has 0 saturated carbocycles. The van der Waals surface area contributed by atoms with E-state index in [0.717, 1.165) is 25.3 Å². The van der Waals surface area contributed by atoms with Crippen LogP contribution in [0.4, 0.5) is 0 Å². The maximum absolute atomic E-state index is 5.19. The number of methoxy groups -OCH3 is 1. The lowest BCUT2D eigenvalue weighted by Crippen LogP contribution is -2.35. The topological polar surface area (TPSA) is 21.3 Å². The molecule has 0 saturated heterocycles. The molecule has 1 unspecified atom stereocenters. The Labute approximate surface area is 121 Å². The Balaban J connectivity index is 1.94. The van der Waals surface area contributed by atoms with E-state index in [9.17, 15) is 0 Å². The summed E-state index contributed by atoms with van der Waals surface area (Å²) in [5.74, 6) is 2.33. The summed E-state index contributed by atoms with van der Waals surface area (Å²) in [5, 5.41) is 3.75. The van der Waals surface area contributed by atoms with E-state index in [2.05, 4.69) is 43.4 Å². The normalized spacial score (nSPS) is 19.2. The zero-order valence-corrected chi connectivity index (χ0v) is 13.1. The van der Waals surface area contributed by atoms with Crippen molar-refractivity contribution in [2.24, 2.45) is 5.41 Å². The standard InChI is InChI=1S/C16H25NOS/c1-16(2,8-9-18-3)12-17-15-11-19-10-13-6-4-5-7-14(13)15/h4-7,15,17H,8-12H2,1-3H3. The van der Waals surface area contributed by atoms with Crippen molar-refractivity contribution >= 4 is 11.8 Å². The molecule has 0 aromatic heterocycles. The largest absolute Gasteiger partial charge is 0.385 e. The highest BCUT2D eigenvalue weighted by Gasteiger charge is 2.23. The van der Waals surface area contributed by atoms with Crippen LogP contribution >= 0.6 is 11.8 Å². The molecule has 1 aliphatic heterocycles. The van der Waals surface area contributed by atoms with Crippen molar-refractivity contribution in [1.29, 1.82) is 0 Å². The quantitative estimate of drug-likeness (QED) is 0.859. The molecule has 0 amide bonds. The Morgan fingerprint density at radius 3 is 2.95 bits per heavy atom. The minimum atomic E-state index is 0.285. The molecule has 0 spiro atoms. The SMILES string of the molecule is COCCC(C)(C)CNC1CSCc2ccccc21. The summed E-state index contributed by atoms with van der Waals surface area (Å²) >= 11 is 2.03. The number of fused-ring (bicyclic) bond motifs is 1. The van der Waals surface area contributed by atoms with Crippen LogP contribution in [0.5, 0.6) is 0 Å². The molecule has 106 valence electrons. The Morgan fingerprint density at radius 1 is 1.37 bits per heavy atom. The summed E-state index contributed by atoms with van der Waals surface area (Å²) in [6.07, 6.45) is 1.10. The lowest BCUT2D eigenvalue weighted by Gasteiger charge is -2.31. The highest BCUT2D eigenvalue weighted by molar-refractivity contribution is 7.98. The first-order valence-corrected chi connectivity index (χ1v) is 8.16. The van der Waals surface area contributed by atoms with Gasteiger partial charge < -0.3 is 10.1 Å². The van der Waals surface area contributed by atoms with Crippen LogP contribution in [0.15, 0.2) is 24.3 Å². The minimum absolute atomic E-state index is 0.285. The number of ether oxygens (including phenoxy) is 1. The van der Waals surface area contributed by atoms with Gasteiger partial charge in [0.25, 0.3) is 0 Å². The fourth-order valence-electron chi connectivity index (χ4n) is 2.42. The number of hydrogen-bond donors (Lipinski definition) is 1. The van der Waals surface area contributed by atoms with Gasteiger partial charge in [-0.3, -0.25) is 0 Å². The minimum Gasteiger partial charge on any atom is -0.385 e. The molecule has 2 nitrogen and oxygen atoms in total. The van der Waals surface area contributed by atoms with Crippen LogP contribution in [0.25, 0.3) is 0 Å². The average Bonchev–Trinajstić information content (AvgIpc) is 2.43. The number of benzene rings is 1. The molecular formula is C16H25NOS. The summed E-state index contributed by atoms with van der Waals surface area (Å²) in [6, 6.07) is 9.32. The van der Waals surface area contributed by atoms with Gasteiger partial charge >= 0.3 is 0 Å². The number of hydrogen-bond acceptors (Lipinski definition) is 3.